The zero-order valence-corrected chi connectivity index (χ0v) is 12.0. The molecule has 1 N–H and O–H groups in total. The first-order valence-electron chi connectivity index (χ1n) is 5.16. The number of aliphatic hydroxyl groups is 1. The molecule has 0 amide bonds. The van der Waals surface area contributed by atoms with Gasteiger partial charge in [-0.15, -0.1) is 0 Å². The number of ether oxygens (including phenoxy) is 1. The van der Waals surface area contributed by atoms with Crippen LogP contribution in [-0.4, -0.2) is 18.2 Å². The number of methoxy groups -OCH3 is 1. The smallest absolute Gasteiger partial charge is 0.308 e. The highest BCUT2D eigenvalue weighted by molar-refractivity contribution is 9.10. The molecular weight excluding hydrogens is 307 g/mol. The summed E-state index contributed by atoms with van der Waals surface area (Å²) >= 11 is 9.20. The standard InChI is InChI=1S/C12H14BrClO3/c1-7(12(16)17-2)5-11(15)9-6-8(14)3-4-10(9)13/h3-4,6-7,11,15H,5H2,1-2H3. The Morgan fingerprint density at radius 3 is 2.82 bits per heavy atom. The number of hydrogen-bond donors (Lipinski definition) is 1. The van der Waals surface area contributed by atoms with Crippen LogP contribution >= 0.6 is 27.5 Å². The van der Waals surface area contributed by atoms with Gasteiger partial charge in [0.15, 0.2) is 0 Å². The average molecular weight is 322 g/mol. The van der Waals surface area contributed by atoms with E-state index in [0.29, 0.717) is 17.0 Å². The van der Waals surface area contributed by atoms with Crippen molar-refractivity contribution in [2.45, 2.75) is 19.4 Å². The zero-order valence-electron chi connectivity index (χ0n) is 9.61. The maximum Gasteiger partial charge on any atom is 0.308 e. The van der Waals surface area contributed by atoms with Crippen molar-refractivity contribution in [3.05, 3.63) is 33.3 Å². The Hall–Kier alpha value is -0.580. The van der Waals surface area contributed by atoms with E-state index in [1.807, 2.05) is 0 Å². The van der Waals surface area contributed by atoms with Gasteiger partial charge < -0.3 is 9.84 Å². The molecule has 0 aliphatic carbocycles. The van der Waals surface area contributed by atoms with Gasteiger partial charge >= 0.3 is 5.97 Å². The summed E-state index contributed by atoms with van der Waals surface area (Å²) in [5.41, 5.74) is 0.674. The number of hydrogen-bond acceptors (Lipinski definition) is 3. The van der Waals surface area contributed by atoms with Crippen molar-refractivity contribution in [3.63, 3.8) is 0 Å². The molecular formula is C12H14BrClO3. The topological polar surface area (TPSA) is 46.5 Å². The molecule has 0 radical (unpaired) electrons. The molecule has 3 nitrogen and oxygen atoms in total. The Balaban J connectivity index is 2.79. The monoisotopic (exact) mass is 320 g/mol. The molecule has 0 saturated carbocycles. The fourth-order valence-electron chi connectivity index (χ4n) is 1.53. The Morgan fingerprint density at radius 1 is 1.59 bits per heavy atom. The van der Waals surface area contributed by atoms with E-state index in [1.165, 1.54) is 7.11 Å². The van der Waals surface area contributed by atoms with Crippen LogP contribution in [0, 0.1) is 5.92 Å². The van der Waals surface area contributed by atoms with Crippen molar-refractivity contribution in [3.8, 4) is 0 Å². The van der Waals surface area contributed by atoms with E-state index in [0.717, 1.165) is 4.47 Å². The van der Waals surface area contributed by atoms with Crippen molar-refractivity contribution in [1.29, 1.82) is 0 Å². The summed E-state index contributed by atoms with van der Waals surface area (Å²) in [6.07, 6.45) is -0.455. The molecule has 0 spiro atoms. The first-order valence-corrected chi connectivity index (χ1v) is 6.33. The van der Waals surface area contributed by atoms with Crippen molar-refractivity contribution in [2.75, 3.05) is 7.11 Å². The van der Waals surface area contributed by atoms with Gasteiger partial charge in [-0.05, 0) is 30.2 Å². The second kappa shape index (κ2) is 6.38. The van der Waals surface area contributed by atoms with Gasteiger partial charge in [0, 0.05) is 9.50 Å². The first-order chi connectivity index (χ1) is 7.95. The van der Waals surface area contributed by atoms with E-state index in [4.69, 9.17) is 11.6 Å². The summed E-state index contributed by atoms with van der Waals surface area (Å²) in [5, 5.41) is 10.6. The van der Waals surface area contributed by atoms with Crippen molar-refractivity contribution < 1.29 is 14.6 Å². The van der Waals surface area contributed by atoms with E-state index in [1.54, 1.807) is 25.1 Å². The molecule has 1 rings (SSSR count). The third kappa shape index (κ3) is 3.98. The lowest BCUT2D eigenvalue weighted by Gasteiger charge is -2.16. The van der Waals surface area contributed by atoms with Gasteiger partial charge in [-0.1, -0.05) is 34.5 Å². The highest BCUT2D eigenvalue weighted by atomic mass is 79.9. The number of rotatable bonds is 4. The maximum atomic E-state index is 11.3. The van der Waals surface area contributed by atoms with Crippen LogP contribution in [-0.2, 0) is 9.53 Å². The van der Waals surface area contributed by atoms with Gasteiger partial charge in [-0.3, -0.25) is 4.79 Å². The van der Waals surface area contributed by atoms with Gasteiger partial charge in [-0.25, -0.2) is 0 Å². The second-order valence-electron chi connectivity index (χ2n) is 3.84. The summed E-state index contributed by atoms with van der Waals surface area (Å²) in [7, 11) is 1.33. The Labute approximate surface area is 114 Å². The quantitative estimate of drug-likeness (QED) is 0.865. The van der Waals surface area contributed by atoms with E-state index in [9.17, 15) is 9.90 Å². The molecule has 1 aromatic carbocycles. The summed E-state index contributed by atoms with van der Waals surface area (Å²) in [6.45, 7) is 1.72. The van der Waals surface area contributed by atoms with Crippen molar-refractivity contribution in [2.24, 2.45) is 5.92 Å². The lowest BCUT2D eigenvalue weighted by Crippen LogP contribution is -2.16. The average Bonchev–Trinajstić information content (AvgIpc) is 2.30. The molecule has 0 fully saturated rings. The highest BCUT2D eigenvalue weighted by Crippen LogP contribution is 2.30. The van der Waals surface area contributed by atoms with E-state index in [2.05, 4.69) is 20.7 Å². The summed E-state index contributed by atoms with van der Waals surface area (Å²) in [4.78, 5) is 11.3. The molecule has 2 atom stereocenters. The third-order valence-corrected chi connectivity index (χ3v) is 3.45. The molecule has 0 aromatic heterocycles. The Kier molecular flexibility index (Phi) is 5.43. The number of carbonyl (C=O) groups is 1. The molecule has 2 unspecified atom stereocenters. The van der Waals surface area contributed by atoms with Gasteiger partial charge in [0.05, 0.1) is 19.1 Å². The van der Waals surface area contributed by atoms with Gasteiger partial charge in [0.2, 0.25) is 0 Å². The molecule has 0 saturated heterocycles. The minimum atomic E-state index is -0.753. The number of halogens is 2. The molecule has 17 heavy (non-hydrogen) atoms. The van der Waals surface area contributed by atoms with Crippen LogP contribution in [0.4, 0.5) is 0 Å². The molecule has 5 heteroatoms. The number of esters is 1. The molecule has 1 aromatic rings. The zero-order chi connectivity index (χ0) is 13.0. The lowest BCUT2D eigenvalue weighted by atomic mass is 9.98. The van der Waals surface area contributed by atoms with Gasteiger partial charge in [-0.2, -0.15) is 0 Å². The highest BCUT2D eigenvalue weighted by Gasteiger charge is 2.20. The van der Waals surface area contributed by atoms with Crippen LogP contribution in [0.25, 0.3) is 0 Å². The minimum Gasteiger partial charge on any atom is -0.469 e. The Morgan fingerprint density at radius 2 is 2.24 bits per heavy atom. The molecule has 0 bridgehead atoms. The van der Waals surface area contributed by atoms with Crippen LogP contribution in [0.2, 0.25) is 5.02 Å². The predicted octanol–water partition coefficient (Wildman–Crippen LogP) is 3.34. The van der Waals surface area contributed by atoms with Crippen LogP contribution < -0.4 is 0 Å². The van der Waals surface area contributed by atoms with Crippen LogP contribution in [0.1, 0.15) is 25.0 Å². The minimum absolute atomic E-state index is 0.297. The van der Waals surface area contributed by atoms with Crippen LogP contribution in [0.3, 0.4) is 0 Å². The second-order valence-corrected chi connectivity index (χ2v) is 5.13. The largest absolute Gasteiger partial charge is 0.469 e. The van der Waals surface area contributed by atoms with Crippen LogP contribution in [0.15, 0.2) is 22.7 Å². The van der Waals surface area contributed by atoms with Gasteiger partial charge in [0.1, 0.15) is 0 Å². The molecule has 94 valence electrons. The van der Waals surface area contributed by atoms with Crippen molar-refractivity contribution in [1.82, 2.24) is 0 Å². The molecule has 0 aliphatic heterocycles. The summed E-state index contributed by atoms with van der Waals surface area (Å²) < 4.78 is 5.38. The maximum absolute atomic E-state index is 11.3. The van der Waals surface area contributed by atoms with Crippen molar-refractivity contribution >= 4 is 33.5 Å². The van der Waals surface area contributed by atoms with Crippen LogP contribution in [0.5, 0.6) is 0 Å². The SMILES string of the molecule is COC(=O)C(C)CC(O)c1cc(Cl)ccc1Br. The lowest BCUT2D eigenvalue weighted by molar-refractivity contribution is -0.145. The number of aliphatic hydroxyl groups excluding tert-OH is 1. The van der Waals surface area contributed by atoms with Gasteiger partial charge in [0.25, 0.3) is 0 Å². The third-order valence-electron chi connectivity index (χ3n) is 2.50. The normalized spacial score (nSPS) is 14.2. The summed E-state index contributed by atoms with van der Waals surface area (Å²) in [5.74, 6) is -0.692. The van der Waals surface area contributed by atoms with E-state index < -0.39 is 6.10 Å². The number of carbonyl (C=O) groups excluding carboxylic acids is 1. The fraction of sp³-hybridized carbons (Fsp3) is 0.417. The number of benzene rings is 1. The predicted molar refractivity (Wildman–Crippen MR) is 69.9 cm³/mol. The fourth-order valence-corrected chi connectivity index (χ4v) is 2.22. The van der Waals surface area contributed by atoms with E-state index >= 15 is 0 Å². The van der Waals surface area contributed by atoms with E-state index in [-0.39, 0.29) is 11.9 Å². The molecule has 0 aliphatic rings. The summed E-state index contributed by atoms with van der Waals surface area (Å²) in [6, 6.07) is 5.18. The molecule has 0 heterocycles. The first kappa shape index (κ1) is 14.5. The Bertz CT molecular complexity index is 409.